The van der Waals surface area contributed by atoms with Gasteiger partial charge in [0, 0.05) is 11.3 Å². The number of nitrogens with one attached hydrogen (secondary N) is 1. The van der Waals surface area contributed by atoms with Crippen LogP contribution in [0.2, 0.25) is 0 Å². The predicted octanol–water partition coefficient (Wildman–Crippen LogP) is 4.50. The molecule has 0 unspecified atom stereocenters. The maximum absolute atomic E-state index is 4.68. The lowest BCUT2D eigenvalue weighted by molar-refractivity contribution is 0.798. The van der Waals surface area contributed by atoms with Gasteiger partial charge in [-0.1, -0.05) is 34.6 Å². The summed E-state index contributed by atoms with van der Waals surface area (Å²) < 4.78 is 1.41. The van der Waals surface area contributed by atoms with E-state index < -0.39 is 0 Å². The van der Waals surface area contributed by atoms with Gasteiger partial charge >= 0.3 is 0 Å². The summed E-state index contributed by atoms with van der Waals surface area (Å²) in [6, 6.07) is 0. The molecule has 0 aliphatic carbocycles. The summed E-state index contributed by atoms with van der Waals surface area (Å²) in [4.78, 5) is 9.35. The van der Waals surface area contributed by atoms with Crippen LogP contribution < -0.4 is 5.32 Å². The molecular weight excluding hydrogens is 369 g/mol. The van der Waals surface area contributed by atoms with Crippen molar-refractivity contribution in [3.63, 3.8) is 0 Å². The zero-order valence-corrected chi connectivity index (χ0v) is 15.5. The molecule has 1 heterocycles. The second-order valence-corrected chi connectivity index (χ2v) is 8.31. The Morgan fingerprint density at radius 2 is 1.89 bits per heavy atom. The molecule has 108 valence electrons. The topological polar surface area (TPSA) is 37.8 Å². The molecule has 0 fully saturated rings. The predicted molar refractivity (Wildman–Crippen MR) is 94.0 cm³/mol. The summed E-state index contributed by atoms with van der Waals surface area (Å²) in [5.41, 5.74) is 1.15. The van der Waals surface area contributed by atoms with Gasteiger partial charge in [0.1, 0.15) is 11.6 Å². The highest BCUT2D eigenvalue weighted by atomic mass is 127. The van der Waals surface area contributed by atoms with Gasteiger partial charge in [-0.25, -0.2) is 9.97 Å². The molecule has 1 aromatic rings. The van der Waals surface area contributed by atoms with E-state index >= 15 is 0 Å². The minimum absolute atomic E-state index is 0.246. The van der Waals surface area contributed by atoms with Crippen molar-refractivity contribution >= 4 is 40.2 Å². The van der Waals surface area contributed by atoms with Gasteiger partial charge in [-0.05, 0) is 35.4 Å². The largest absolute Gasteiger partial charge is 0.369 e. The molecule has 0 amide bonds. The Hall–Kier alpha value is -0.0400. The van der Waals surface area contributed by atoms with Crippen molar-refractivity contribution in [1.82, 2.24) is 9.97 Å². The Labute approximate surface area is 134 Å². The highest BCUT2D eigenvalue weighted by Crippen LogP contribution is 2.27. The molecule has 0 spiro atoms. The van der Waals surface area contributed by atoms with E-state index in [1.165, 1.54) is 0 Å². The minimum Gasteiger partial charge on any atom is -0.369 e. The Kier molecular flexibility index (Phi) is 6.86. The average molecular weight is 393 g/mol. The fourth-order valence-electron chi connectivity index (χ4n) is 1.49. The normalized spacial score (nSPS) is 11.7. The van der Waals surface area contributed by atoms with E-state index in [0.717, 1.165) is 46.0 Å². The Morgan fingerprint density at radius 1 is 1.21 bits per heavy atom. The highest BCUT2D eigenvalue weighted by molar-refractivity contribution is 14.1. The zero-order valence-electron chi connectivity index (χ0n) is 12.5. The van der Waals surface area contributed by atoms with Gasteiger partial charge < -0.3 is 5.32 Å². The lowest BCUT2D eigenvalue weighted by atomic mass is 10.3. The summed E-state index contributed by atoms with van der Waals surface area (Å²) >= 11 is 4.24. The molecule has 5 heteroatoms. The number of aromatic nitrogens is 2. The number of hydrogen-bond donors (Lipinski definition) is 1. The van der Waals surface area contributed by atoms with E-state index in [4.69, 9.17) is 0 Å². The van der Waals surface area contributed by atoms with Crippen LogP contribution in [0.5, 0.6) is 0 Å². The second kappa shape index (κ2) is 7.67. The van der Waals surface area contributed by atoms with E-state index in [1.54, 1.807) is 0 Å². The van der Waals surface area contributed by atoms with Crippen LogP contribution in [0, 0.1) is 3.57 Å². The van der Waals surface area contributed by atoms with Gasteiger partial charge in [-0.2, -0.15) is 0 Å². The van der Waals surface area contributed by atoms with E-state index in [2.05, 4.69) is 72.5 Å². The first kappa shape index (κ1) is 17.0. The number of thioether (sulfide) groups is 1. The molecule has 0 radical (unpaired) electrons. The highest BCUT2D eigenvalue weighted by Gasteiger charge is 2.15. The van der Waals surface area contributed by atoms with Crippen LogP contribution >= 0.6 is 34.4 Å². The Balaban J connectivity index is 2.92. The fourth-order valence-corrected chi connectivity index (χ4v) is 2.99. The van der Waals surface area contributed by atoms with Gasteiger partial charge in [-0.15, -0.1) is 11.8 Å². The molecule has 1 N–H and O–H groups in total. The second-order valence-electron chi connectivity index (χ2n) is 5.43. The molecule has 0 aliphatic heterocycles. The van der Waals surface area contributed by atoms with Crippen molar-refractivity contribution in [2.24, 2.45) is 0 Å². The van der Waals surface area contributed by atoms with E-state index in [1.807, 2.05) is 11.8 Å². The van der Waals surface area contributed by atoms with Gasteiger partial charge in [0.05, 0.1) is 15.0 Å². The summed E-state index contributed by atoms with van der Waals surface area (Å²) in [6.07, 6.45) is 2.06. The van der Waals surface area contributed by atoms with E-state index in [9.17, 15) is 0 Å². The van der Waals surface area contributed by atoms with Crippen molar-refractivity contribution in [2.75, 3.05) is 11.9 Å². The van der Waals surface area contributed by atoms with Crippen molar-refractivity contribution in [1.29, 1.82) is 0 Å². The summed E-state index contributed by atoms with van der Waals surface area (Å²) in [5.74, 6) is 2.81. The van der Waals surface area contributed by atoms with Crippen LogP contribution in [-0.4, -0.2) is 21.3 Å². The third-order valence-electron chi connectivity index (χ3n) is 2.48. The third-order valence-corrected chi connectivity index (χ3v) is 4.88. The number of halogens is 1. The third kappa shape index (κ3) is 5.85. The molecule has 0 aliphatic rings. The monoisotopic (exact) mass is 393 g/mol. The summed E-state index contributed by atoms with van der Waals surface area (Å²) in [6.45, 7) is 11.9. The van der Waals surface area contributed by atoms with E-state index in [-0.39, 0.29) is 4.75 Å². The van der Waals surface area contributed by atoms with Crippen molar-refractivity contribution in [3.8, 4) is 0 Å². The molecule has 1 aromatic heterocycles. The minimum atomic E-state index is 0.246. The molecule has 0 saturated heterocycles. The molecular formula is C14H24IN3S. The number of rotatable bonds is 6. The van der Waals surface area contributed by atoms with Crippen LogP contribution in [0.25, 0.3) is 0 Å². The standard InChI is InChI=1S/C14H24IN3S/c1-6-8-16-13-12(15)10(7-2)17-11(18-13)9-19-14(3,4)5/h6-9H2,1-5H3,(H,16,17,18). The number of aryl methyl sites for hydroxylation is 1. The summed E-state index contributed by atoms with van der Waals surface area (Å²) in [7, 11) is 0. The van der Waals surface area contributed by atoms with Gasteiger partial charge in [0.2, 0.25) is 0 Å². The Bertz CT molecular complexity index is 416. The van der Waals surface area contributed by atoms with Gasteiger partial charge in [0.25, 0.3) is 0 Å². The first-order valence-electron chi connectivity index (χ1n) is 6.80. The molecule has 0 saturated carbocycles. The lowest BCUT2D eigenvalue weighted by Crippen LogP contribution is -2.12. The fraction of sp³-hybridized carbons (Fsp3) is 0.714. The number of hydrogen-bond acceptors (Lipinski definition) is 4. The van der Waals surface area contributed by atoms with Crippen LogP contribution in [0.4, 0.5) is 5.82 Å². The molecule has 1 rings (SSSR count). The quantitative estimate of drug-likeness (QED) is 0.723. The maximum Gasteiger partial charge on any atom is 0.143 e. The first-order valence-corrected chi connectivity index (χ1v) is 8.87. The molecule has 3 nitrogen and oxygen atoms in total. The lowest BCUT2D eigenvalue weighted by Gasteiger charge is -2.18. The van der Waals surface area contributed by atoms with Crippen molar-refractivity contribution in [3.05, 3.63) is 15.1 Å². The van der Waals surface area contributed by atoms with Gasteiger partial charge in [-0.3, -0.25) is 0 Å². The molecule has 0 aromatic carbocycles. The smallest absolute Gasteiger partial charge is 0.143 e. The Morgan fingerprint density at radius 3 is 2.42 bits per heavy atom. The zero-order chi connectivity index (χ0) is 14.5. The van der Waals surface area contributed by atoms with E-state index in [0.29, 0.717) is 0 Å². The average Bonchev–Trinajstić information content (AvgIpc) is 2.35. The van der Waals surface area contributed by atoms with Crippen LogP contribution in [0.1, 0.15) is 52.6 Å². The summed E-state index contributed by atoms with van der Waals surface area (Å²) in [5, 5.41) is 3.41. The number of nitrogens with zero attached hydrogens (tertiary/aromatic N) is 2. The first-order chi connectivity index (χ1) is 8.87. The molecule has 19 heavy (non-hydrogen) atoms. The maximum atomic E-state index is 4.68. The molecule has 0 bridgehead atoms. The van der Waals surface area contributed by atoms with Gasteiger partial charge in [0.15, 0.2) is 0 Å². The van der Waals surface area contributed by atoms with Crippen LogP contribution in [0.15, 0.2) is 0 Å². The van der Waals surface area contributed by atoms with Crippen LogP contribution in [-0.2, 0) is 12.2 Å². The van der Waals surface area contributed by atoms with Crippen molar-refractivity contribution in [2.45, 2.75) is 58.0 Å². The van der Waals surface area contributed by atoms with Crippen LogP contribution in [0.3, 0.4) is 0 Å². The number of anilines is 1. The molecule has 0 atom stereocenters. The van der Waals surface area contributed by atoms with Crippen molar-refractivity contribution < 1.29 is 0 Å². The SMILES string of the molecule is CCCNc1nc(CSC(C)(C)C)nc(CC)c1I.